The second kappa shape index (κ2) is 6.29. The maximum atomic E-state index is 12.3. The molecule has 1 heterocycles. The predicted molar refractivity (Wildman–Crippen MR) is 88.4 cm³/mol. The van der Waals surface area contributed by atoms with Crippen molar-refractivity contribution in [1.82, 2.24) is 4.90 Å². The molecule has 0 fully saturated rings. The minimum atomic E-state index is -0.623. The number of ether oxygens (including phenoxy) is 1. The van der Waals surface area contributed by atoms with Crippen LogP contribution >= 0.6 is 11.6 Å². The van der Waals surface area contributed by atoms with Crippen molar-refractivity contribution < 1.29 is 19.1 Å². The van der Waals surface area contributed by atoms with Gasteiger partial charge in [-0.15, -0.1) is 6.58 Å². The number of fused-ring (bicyclic) bond motifs is 1. The van der Waals surface area contributed by atoms with Gasteiger partial charge in [-0.2, -0.15) is 0 Å². The third-order valence-corrected chi connectivity index (χ3v) is 3.79. The summed E-state index contributed by atoms with van der Waals surface area (Å²) in [7, 11) is 0. The predicted octanol–water partition coefficient (Wildman–Crippen LogP) is 3.34. The normalized spacial score (nSPS) is 13.0. The first-order valence-corrected chi connectivity index (χ1v) is 7.48. The summed E-state index contributed by atoms with van der Waals surface area (Å²) in [6, 6.07) is 10.6. The molecule has 0 radical (unpaired) electrons. The highest BCUT2D eigenvalue weighted by Crippen LogP contribution is 2.25. The van der Waals surface area contributed by atoms with Crippen LogP contribution in [0.3, 0.4) is 0 Å². The minimum absolute atomic E-state index is 0.122. The van der Waals surface area contributed by atoms with Gasteiger partial charge in [-0.3, -0.25) is 14.5 Å². The molecule has 3 rings (SSSR count). The van der Waals surface area contributed by atoms with Crippen LogP contribution in [0.2, 0.25) is 5.02 Å². The Balaban J connectivity index is 1.86. The van der Waals surface area contributed by atoms with Gasteiger partial charge in [0.05, 0.1) is 16.7 Å². The number of rotatable bonds is 4. The van der Waals surface area contributed by atoms with Crippen LogP contribution in [-0.2, 0) is 0 Å². The van der Waals surface area contributed by atoms with Crippen LogP contribution in [0.4, 0.5) is 0 Å². The summed E-state index contributed by atoms with van der Waals surface area (Å²) >= 11 is 5.78. The number of hydrogen-bond acceptors (Lipinski definition) is 4. The van der Waals surface area contributed by atoms with E-state index in [-0.39, 0.29) is 23.2 Å². The van der Waals surface area contributed by atoms with Crippen LogP contribution in [0, 0.1) is 0 Å². The van der Waals surface area contributed by atoms with Gasteiger partial charge in [-0.25, -0.2) is 4.79 Å². The lowest BCUT2D eigenvalue weighted by Gasteiger charge is -2.09. The average Bonchev–Trinajstić information content (AvgIpc) is 2.82. The van der Waals surface area contributed by atoms with Gasteiger partial charge in [0.15, 0.2) is 0 Å². The van der Waals surface area contributed by atoms with Crippen LogP contribution in [0.25, 0.3) is 0 Å². The Morgan fingerprint density at radius 1 is 1.08 bits per heavy atom. The number of hydrogen-bond donors (Lipinski definition) is 0. The number of amides is 2. The fourth-order valence-electron chi connectivity index (χ4n) is 2.38. The van der Waals surface area contributed by atoms with E-state index in [2.05, 4.69) is 6.58 Å². The second-order valence-corrected chi connectivity index (χ2v) is 5.55. The maximum Gasteiger partial charge on any atom is 0.343 e. The SMILES string of the molecule is C=CCN1C(=O)c2ccc(C(=O)Oc3ccc(Cl)cc3)cc2C1=O. The summed E-state index contributed by atoms with van der Waals surface area (Å²) in [4.78, 5) is 37.7. The molecule has 0 unspecified atom stereocenters. The smallest absolute Gasteiger partial charge is 0.343 e. The molecule has 1 aliphatic rings. The molecule has 0 saturated heterocycles. The van der Waals surface area contributed by atoms with Crippen molar-refractivity contribution >= 4 is 29.4 Å². The molecule has 0 aliphatic carbocycles. The second-order valence-electron chi connectivity index (χ2n) is 5.11. The summed E-state index contributed by atoms with van der Waals surface area (Å²) in [6.07, 6.45) is 1.47. The monoisotopic (exact) mass is 341 g/mol. The number of nitrogens with zero attached hydrogens (tertiary/aromatic N) is 1. The fourth-order valence-corrected chi connectivity index (χ4v) is 2.51. The first-order valence-electron chi connectivity index (χ1n) is 7.10. The lowest BCUT2D eigenvalue weighted by atomic mass is 10.1. The molecule has 0 atom stereocenters. The van der Waals surface area contributed by atoms with E-state index >= 15 is 0 Å². The fraction of sp³-hybridized carbons (Fsp3) is 0.0556. The topological polar surface area (TPSA) is 63.7 Å². The summed E-state index contributed by atoms with van der Waals surface area (Å²) in [5, 5.41) is 0.527. The van der Waals surface area contributed by atoms with E-state index in [1.807, 2.05) is 0 Å². The maximum absolute atomic E-state index is 12.3. The third-order valence-electron chi connectivity index (χ3n) is 3.54. The highest BCUT2D eigenvalue weighted by atomic mass is 35.5. The minimum Gasteiger partial charge on any atom is -0.423 e. The first kappa shape index (κ1) is 16.0. The van der Waals surface area contributed by atoms with Gasteiger partial charge in [-0.05, 0) is 42.5 Å². The molecular weight excluding hydrogens is 330 g/mol. The van der Waals surface area contributed by atoms with Gasteiger partial charge in [0.25, 0.3) is 11.8 Å². The van der Waals surface area contributed by atoms with Crippen LogP contribution in [-0.4, -0.2) is 29.2 Å². The van der Waals surface area contributed by atoms with Crippen molar-refractivity contribution in [2.24, 2.45) is 0 Å². The lowest BCUT2D eigenvalue weighted by Crippen LogP contribution is -2.29. The Kier molecular flexibility index (Phi) is 4.18. The summed E-state index contributed by atoms with van der Waals surface area (Å²) in [5.74, 6) is -1.13. The highest BCUT2D eigenvalue weighted by Gasteiger charge is 2.35. The number of carbonyl (C=O) groups excluding carboxylic acids is 3. The largest absolute Gasteiger partial charge is 0.423 e. The molecule has 0 bridgehead atoms. The molecule has 120 valence electrons. The molecule has 0 spiro atoms. The van der Waals surface area contributed by atoms with Crippen molar-refractivity contribution in [3.8, 4) is 5.75 Å². The molecule has 0 aromatic heterocycles. The summed E-state index contributed by atoms with van der Waals surface area (Å²) < 4.78 is 5.23. The average molecular weight is 342 g/mol. The van der Waals surface area contributed by atoms with E-state index in [1.165, 1.54) is 24.3 Å². The summed E-state index contributed by atoms with van der Waals surface area (Å²) in [5.41, 5.74) is 0.641. The van der Waals surface area contributed by atoms with Crippen molar-refractivity contribution in [3.05, 3.63) is 76.8 Å². The van der Waals surface area contributed by atoms with Gasteiger partial charge >= 0.3 is 5.97 Å². The van der Waals surface area contributed by atoms with Crippen LogP contribution < -0.4 is 4.74 Å². The van der Waals surface area contributed by atoms with E-state index in [1.54, 1.807) is 24.3 Å². The molecule has 0 N–H and O–H groups in total. The standard InChI is InChI=1S/C18H12ClNO4/c1-2-9-20-16(21)14-8-3-11(10-15(14)17(20)22)18(23)24-13-6-4-12(19)5-7-13/h2-8,10H,1,9H2. The Hall–Kier alpha value is -2.92. The van der Waals surface area contributed by atoms with Gasteiger partial charge in [0.2, 0.25) is 0 Å². The number of esters is 1. The molecule has 2 amide bonds. The Bertz CT molecular complexity index is 858. The number of halogens is 1. The first-order chi connectivity index (χ1) is 11.5. The van der Waals surface area contributed by atoms with Gasteiger partial charge in [-0.1, -0.05) is 17.7 Å². The van der Waals surface area contributed by atoms with E-state index < -0.39 is 17.8 Å². The van der Waals surface area contributed by atoms with Crippen LogP contribution in [0.5, 0.6) is 5.75 Å². The molecule has 5 nitrogen and oxygen atoms in total. The number of benzene rings is 2. The van der Waals surface area contributed by atoms with Gasteiger partial charge in [0, 0.05) is 11.6 Å². The Morgan fingerprint density at radius 3 is 2.42 bits per heavy atom. The van der Waals surface area contributed by atoms with Crippen LogP contribution in [0.1, 0.15) is 31.1 Å². The zero-order chi connectivity index (χ0) is 17.3. The summed E-state index contributed by atoms with van der Waals surface area (Å²) in [6.45, 7) is 3.65. The van der Waals surface area contributed by atoms with Crippen LogP contribution in [0.15, 0.2) is 55.1 Å². The van der Waals surface area contributed by atoms with Gasteiger partial charge < -0.3 is 4.74 Å². The lowest BCUT2D eigenvalue weighted by molar-refractivity contribution is 0.0671. The molecule has 2 aromatic rings. The quantitative estimate of drug-likeness (QED) is 0.370. The van der Waals surface area contributed by atoms with Crippen molar-refractivity contribution in [2.75, 3.05) is 6.54 Å². The van der Waals surface area contributed by atoms with Gasteiger partial charge in [0.1, 0.15) is 5.75 Å². The Morgan fingerprint density at radius 2 is 1.75 bits per heavy atom. The van der Waals surface area contributed by atoms with E-state index in [4.69, 9.17) is 16.3 Å². The zero-order valence-corrected chi connectivity index (χ0v) is 13.2. The molecular formula is C18H12ClNO4. The zero-order valence-electron chi connectivity index (χ0n) is 12.5. The Labute approximate surface area is 143 Å². The van der Waals surface area contributed by atoms with Crippen molar-refractivity contribution in [1.29, 1.82) is 0 Å². The van der Waals surface area contributed by atoms with Crippen molar-refractivity contribution in [3.63, 3.8) is 0 Å². The van der Waals surface area contributed by atoms with E-state index in [0.29, 0.717) is 10.8 Å². The van der Waals surface area contributed by atoms with E-state index in [9.17, 15) is 14.4 Å². The number of imide groups is 1. The number of carbonyl (C=O) groups is 3. The molecule has 1 aliphatic heterocycles. The molecule has 2 aromatic carbocycles. The molecule has 6 heteroatoms. The van der Waals surface area contributed by atoms with Crippen molar-refractivity contribution in [2.45, 2.75) is 0 Å². The third kappa shape index (κ3) is 2.81. The highest BCUT2D eigenvalue weighted by molar-refractivity contribution is 6.30. The molecule has 0 saturated carbocycles. The molecule has 24 heavy (non-hydrogen) atoms. The van der Waals surface area contributed by atoms with E-state index in [0.717, 1.165) is 4.90 Å².